The van der Waals surface area contributed by atoms with E-state index in [2.05, 4.69) is 37.5 Å². The van der Waals surface area contributed by atoms with Crippen LogP contribution in [-0.2, 0) is 6.42 Å². The molecular weight excluding hydrogens is 236 g/mol. The molecule has 1 heterocycles. The Bertz CT molecular complexity index is 437. The first kappa shape index (κ1) is 14.4. The fourth-order valence-electron chi connectivity index (χ4n) is 2.92. The first-order valence-corrected chi connectivity index (χ1v) is 7.21. The van der Waals surface area contributed by atoms with Gasteiger partial charge in [0.1, 0.15) is 5.75 Å². The Balaban J connectivity index is 2.04. The number of nitrogens with one attached hydrogen (secondary N) is 2. The van der Waals surface area contributed by atoms with E-state index in [1.54, 1.807) is 7.11 Å². The molecule has 1 aliphatic rings. The highest BCUT2D eigenvalue weighted by Gasteiger charge is 2.15. The van der Waals surface area contributed by atoms with E-state index in [-0.39, 0.29) is 0 Å². The highest BCUT2D eigenvalue weighted by Crippen LogP contribution is 2.29. The number of rotatable bonds is 5. The van der Waals surface area contributed by atoms with Gasteiger partial charge in [0, 0.05) is 12.6 Å². The summed E-state index contributed by atoms with van der Waals surface area (Å²) in [5.41, 5.74) is 5.27. The van der Waals surface area contributed by atoms with Crippen LogP contribution in [0.4, 0.5) is 0 Å². The third-order valence-corrected chi connectivity index (χ3v) is 4.19. The van der Waals surface area contributed by atoms with Crippen molar-refractivity contribution < 1.29 is 4.74 Å². The fourth-order valence-corrected chi connectivity index (χ4v) is 2.92. The van der Waals surface area contributed by atoms with Gasteiger partial charge in [-0.2, -0.15) is 0 Å². The first-order chi connectivity index (χ1) is 9.13. The second-order valence-corrected chi connectivity index (χ2v) is 5.54. The fraction of sp³-hybridized carbons (Fsp3) is 0.625. The molecule has 1 aromatic rings. The Morgan fingerprint density at radius 3 is 2.74 bits per heavy atom. The van der Waals surface area contributed by atoms with Crippen molar-refractivity contribution in [1.29, 1.82) is 0 Å². The smallest absolute Gasteiger partial charge is 0.125 e. The summed E-state index contributed by atoms with van der Waals surface area (Å²) in [4.78, 5) is 0. The maximum absolute atomic E-state index is 5.62. The third-order valence-electron chi connectivity index (χ3n) is 4.19. The van der Waals surface area contributed by atoms with E-state index in [0.717, 1.165) is 31.8 Å². The van der Waals surface area contributed by atoms with Crippen LogP contribution in [0, 0.1) is 20.8 Å². The molecule has 0 saturated carbocycles. The van der Waals surface area contributed by atoms with Crippen LogP contribution in [0.25, 0.3) is 0 Å². The molecule has 3 heteroatoms. The lowest BCUT2D eigenvalue weighted by Crippen LogP contribution is -2.32. The van der Waals surface area contributed by atoms with Gasteiger partial charge in [0.05, 0.1) is 7.11 Å². The van der Waals surface area contributed by atoms with Crippen LogP contribution in [0.5, 0.6) is 5.75 Å². The second kappa shape index (κ2) is 6.40. The molecule has 1 atom stereocenters. The predicted molar refractivity (Wildman–Crippen MR) is 80.2 cm³/mol. The van der Waals surface area contributed by atoms with Gasteiger partial charge >= 0.3 is 0 Å². The summed E-state index contributed by atoms with van der Waals surface area (Å²) in [6.45, 7) is 9.74. The number of hydrogen-bond acceptors (Lipinski definition) is 3. The van der Waals surface area contributed by atoms with Crippen LogP contribution < -0.4 is 15.4 Å². The summed E-state index contributed by atoms with van der Waals surface area (Å²) in [7, 11) is 1.78. The lowest BCUT2D eigenvalue weighted by atomic mass is 9.97. The van der Waals surface area contributed by atoms with Gasteiger partial charge in [-0.1, -0.05) is 6.07 Å². The molecule has 0 spiro atoms. The van der Waals surface area contributed by atoms with Gasteiger partial charge in [0.15, 0.2) is 0 Å². The lowest BCUT2D eigenvalue weighted by Gasteiger charge is -2.18. The quantitative estimate of drug-likeness (QED) is 0.853. The maximum atomic E-state index is 5.62. The lowest BCUT2D eigenvalue weighted by molar-refractivity contribution is 0.404. The minimum absolute atomic E-state index is 0.637. The summed E-state index contributed by atoms with van der Waals surface area (Å²) >= 11 is 0. The maximum Gasteiger partial charge on any atom is 0.125 e. The third kappa shape index (κ3) is 3.28. The molecule has 1 unspecified atom stereocenters. The highest BCUT2D eigenvalue weighted by molar-refractivity contribution is 5.49. The van der Waals surface area contributed by atoms with Crippen molar-refractivity contribution in [2.75, 3.05) is 26.7 Å². The summed E-state index contributed by atoms with van der Waals surface area (Å²) in [6.07, 6.45) is 2.27. The molecule has 3 nitrogen and oxygen atoms in total. The highest BCUT2D eigenvalue weighted by atomic mass is 16.5. The molecule has 0 aliphatic carbocycles. The average molecular weight is 262 g/mol. The van der Waals surface area contributed by atoms with Crippen molar-refractivity contribution in [3.05, 3.63) is 28.3 Å². The van der Waals surface area contributed by atoms with Gasteiger partial charge in [0.25, 0.3) is 0 Å². The molecule has 2 rings (SSSR count). The minimum Gasteiger partial charge on any atom is -0.496 e. The van der Waals surface area contributed by atoms with E-state index >= 15 is 0 Å². The van der Waals surface area contributed by atoms with Crippen LogP contribution in [0.2, 0.25) is 0 Å². The monoisotopic (exact) mass is 262 g/mol. The Labute approximate surface area is 116 Å². The zero-order valence-corrected chi connectivity index (χ0v) is 12.6. The molecule has 1 aromatic carbocycles. The first-order valence-electron chi connectivity index (χ1n) is 7.21. The van der Waals surface area contributed by atoms with Gasteiger partial charge in [-0.3, -0.25) is 0 Å². The molecular formula is C16H26N2O. The normalized spacial score (nSPS) is 18.8. The van der Waals surface area contributed by atoms with Crippen molar-refractivity contribution in [3.8, 4) is 5.75 Å². The molecule has 2 N–H and O–H groups in total. The van der Waals surface area contributed by atoms with Gasteiger partial charge in [0.2, 0.25) is 0 Å². The van der Waals surface area contributed by atoms with Crippen molar-refractivity contribution in [3.63, 3.8) is 0 Å². The molecule has 0 radical (unpaired) electrons. The van der Waals surface area contributed by atoms with E-state index in [1.807, 2.05) is 0 Å². The summed E-state index contributed by atoms with van der Waals surface area (Å²) in [6, 6.07) is 2.91. The van der Waals surface area contributed by atoms with Gasteiger partial charge in [-0.05, 0) is 69.0 Å². The van der Waals surface area contributed by atoms with E-state index in [9.17, 15) is 0 Å². The number of ether oxygens (including phenoxy) is 1. The zero-order valence-electron chi connectivity index (χ0n) is 12.6. The van der Waals surface area contributed by atoms with Crippen LogP contribution >= 0.6 is 0 Å². The van der Waals surface area contributed by atoms with Crippen molar-refractivity contribution in [2.24, 2.45) is 0 Å². The van der Waals surface area contributed by atoms with Crippen molar-refractivity contribution >= 4 is 0 Å². The number of hydrogen-bond donors (Lipinski definition) is 2. The van der Waals surface area contributed by atoms with Crippen LogP contribution in [0.15, 0.2) is 6.07 Å². The predicted octanol–water partition coefficient (Wildman–Crippen LogP) is 2.11. The van der Waals surface area contributed by atoms with Gasteiger partial charge in [-0.25, -0.2) is 0 Å². The van der Waals surface area contributed by atoms with E-state index < -0.39 is 0 Å². The zero-order chi connectivity index (χ0) is 13.8. The van der Waals surface area contributed by atoms with Crippen molar-refractivity contribution in [1.82, 2.24) is 10.6 Å². The molecule has 19 heavy (non-hydrogen) atoms. The SMILES string of the molecule is COc1c(C)c(C)cc(C)c1CCNC1CCNC1. The van der Waals surface area contributed by atoms with Crippen LogP contribution in [0.1, 0.15) is 28.7 Å². The molecule has 106 valence electrons. The summed E-state index contributed by atoms with van der Waals surface area (Å²) in [5.74, 6) is 1.07. The van der Waals surface area contributed by atoms with Crippen LogP contribution in [-0.4, -0.2) is 32.8 Å². The molecule has 0 amide bonds. The largest absolute Gasteiger partial charge is 0.496 e. The minimum atomic E-state index is 0.637. The number of methoxy groups -OCH3 is 1. The van der Waals surface area contributed by atoms with Gasteiger partial charge < -0.3 is 15.4 Å². The second-order valence-electron chi connectivity index (χ2n) is 5.54. The number of aryl methyl sites for hydroxylation is 2. The van der Waals surface area contributed by atoms with E-state index in [4.69, 9.17) is 4.74 Å². The Kier molecular flexibility index (Phi) is 4.83. The van der Waals surface area contributed by atoms with E-state index in [1.165, 1.54) is 28.7 Å². The molecule has 0 bridgehead atoms. The number of benzene rings is 1. The molecule has 1 saturated heterocycles. The van der Waals surface area contributed by atoms with Gasteiger partial charge in [-0.15, -0.1) is 0 Å². The Hall–Kier alpha value is -1.06. The average Bonchev–Trinajstić information content (AvgIpc) is 2.89. The van der Waals surface area contributed by atoms with Crippen LogP contribution in [0.3, 0.4) is 0 Å². The molecule has 0 aromatic heterocycles. The Morgan fingerprint density at radius 1 is 1.32 bits per heavy atom. The summed E-state index contributed by atoms with van der Waals surface area (Å²) in [5, 5.41) is 7.01. The standard InChI is InChI=1S/C16H26N2O/c1-11-9-12(2)15(16(19-4)13(11)3)6-8-18-14-5-7-17-10-14/h9,14,17-18H,5-8,10H2,1-4H3. The summed E-state index contributed by atoms with van der Waals surface area (Å²) < 4.78 is 5.62. The molecule has 1 fully saturated rings. The molecule has 1 aliphatic heterocycles. The topological polar surface area (TPSA) is 33.3 Å². The van der Waals surface area contributed by atoms with E-state index in [0.29, 0.717) is 6.04 Å². The Morgan fingerprint density at radius 2 is 2.11 bits per heavy atom. The van der Waals surface area contributed by atoms with Crippen molar-refractivity contribution in [2.45, 2.75) is 39.7 Å².